The minimum absolute atomic E-state index is 0.171. The van der Waals surface area contributed by atoms with Crippen molar-refractivity contribution in [1.82, 2.24) is 9.88 Å². The van der Waals surface area contributed by atoms with Crippen molar-refractivity contribution in [2.75, 3.05) is 25.0 Å². The normalized spacial score (nSPS) is 12.7. The molecule has 2 rings (SSSR count). The van der Waals surface area contributed by atoms with Crippen LogP contribution in [0.3, 0.4) is 0 Å². The van der Waals surface area contributed by atoms with E-state index in [1.54, 1.807) is 6.20 Å². The number of anilines is 1. The van der Waals surface area contributed by atoms with Crippen LogP contribution in [0, 0.1) is 0 Å². The van der Waals surface area contributed by atoms with Gasteiger partial charge in [0, 0.05) is 28.8 Å². The molecule has 4 nitrogen and oxygen atoms in total. The molecule has 0 aliphatic rings. The highest BCUT2D eigenvalue weighted by molar-refractivity contribution is 6.31. The average Bonchev–Trinajstić information content (AvgIpc) is 2.56. The number of aromatic nitrogens is 1. The molecule has 126 valence electrons. The van der Waals surface area contributed by atoms with Gasteiger partial charge in [-0.2, -0.15) is 0 Å². The molecule has 0 bridgehead atoms. The van der Waals surface area contributed by atoms with Gasteiger partial charge < -0.3 is 10.4 Å². The monoisotopic (exact) mass is 335 g/mol. The van der Waals surface area contributed by atoms with Gasteiger partial charge in [0.1, 0.15) is 0 Å². The van der Waals surface area contributed by atoms with Crippen molar-refractivity contribution in [3.63, 3.8) is 0 Å². The van der Waals surface area contributed by atoms with Gasteiger partial charge >= 0.3 is 0 Å². The SMILES string of the molecule is CCCCC(Nc1ccnc2cc(Cl)ccc12)N(CC)CCO. The van der Waals surface area contributed by atoms with E-state index in [0.717, 1.165) is 42.4 Å². The number of halogens is 1. The van der Waals surface area contributed by atoms with Crippen LogP contribution in [-0.2, 0) is 0 Å². The van der Waals surface area contributed by atoms with E-state index in [4.69, 9.17) is 11.6 Å². The molecule has 0 spiro atoms. The molecule has 5 heteroatoms. The van der Waals surface area contributed by atoms with E-state index in [1.807, 2.05) is 24.3 Å². The number of aliphatic hydroxyl groups is 1. The van der Waals surface area contributed by atoms with Crippen molar-refractivity contribution in [3.8, 4) is 0 Å². The van der Waals surface area contributed by atoms with Crippen molar-refractivity contribution in [2.24, 2.45) is 0 Å². The molecule has 1 unspecified atom stereocenters. The molecule has 23 heavy (non-hydrogen) atoms. The van der Waals surface area contributed by atoms with Gasteiger partial charge in [-0.1, -0.05) is 38.3 Å². The Morgan fingerprint density at radius 1 is 1.30 bits per heavy atom. The van der Waals surface area contributed by atoms with E-state index in [1.165, 1.54) is 0 Å². The van der Waals surface area contributed by atoms with E-state index in [0.29, 0.717) is 11.6 Å². The maximum atomic E-state index is 9.32. The molecule has 0 saturated heterocycles. The molecule has 1 aromatic heterocycles. The first-order valence-corrected chi connectivity index (χ1v) is 8.73. The lowest BCUT2D eigenvalue weighted by Crippen LogP contribution is -2.42. The fraction of sp³-hybridized carbons (Fsp3) is 0.500. The average molecular weight is 336 g/mol. The number of unbranched alkanes of at least 4 members (excludes halogenated alkanes) is 1. The second-order valence-corrected chi connectivity index (χ2v) is 6.11. The first kappa shape index (κ1) is 18.0. The fourth-order valence-electron chi connectivity index (χ4n) is 2.83. The summed E-state index contributed by atoms with van der Waals surface area (Å²) in [6.07, 6.45) is 5.35. The Kier molecular flexibility index (Phi) is 7.09. The van der Waals surface area contributed by atoms with Crippen LogP contribution in [0.25, 0.3) is 10.9 Å². The Bertz CT molecular complexity index is 620. The van der Waals surface area contributed by atoms with Crippen LogP contribution in [-0.4, -0.2) is 40.9 Å². The third-order valence-electron chi connectivity index (χ3n) is 4.09. The van der Waals surface area contributed by atoms with Gasteiger partial charge in [0.05, 0.1) is 18.3 Å². The first-order chi connectivity index (χ1) is 11.2. The number of likely N-dealkylation sites (N-methyl/N-ethyl adjacent to an activating group) is 1. The number of pyridine rings is 1. The Balaban J connectivity index is 2.27. The number of hydrogen-bond donors (Lipinski definition) is 2. The highest BCUT2D eigenvalue weighted by atomic mass is 35.5. The Labute approximate surface area is 143 Å². The van der Waals surface area contributed by atoms with Gasteiger partial charge in [0.2, 0.25) is 0 Å². The lowest BCUT2D eigenvalue weighted by molar-refractivity contribution is 0.162. The van der Waals surface area contributed by atoms with E-state index < -0.39 is 0 Å². The summed E-state index contributed by atoms with van der Waals surface area (Å²) < 4.78 is 0. The van der Waals surface area contributed by atoms with Crippen LogP contribution in [0.4, 0.5) is 5.69 Å². The van der Waals surface area contributed by atoms with Gasteiger partial charge in [-0.15, -0.1) is 0 Å². The number of aliphatic hydroxyl groups excluding tert-OH is 1. The maximum absolute atomic E-state index is 9.32. The lowest BCUT2D eigenvalue weighted by Gasteiger charge is -2.32. The molecule has 2 N–H and O–H groups in total. The molecule has 1 aromatic carbocycles. The molecule has 0 radical (unpaired) electrons. The Morgan fingerprint density at radius 2 is 2.13 bits per heavy atom. The van der Waals surface area contributed by atoms with Crippen LogP contribution < -0.4 is 5.32 Å². The zero-order valence-corrected chi connectivity index (χ0v) is 14.7. The van der Waals surface area contributed by atoms with E-state index >= 15 is 0 Å². The van der Waals surface area contributed by atoms with Crippen LogP contribution in [0.5, 0.6) is 0 Å². The van der Waals surface area contributed by atoms with Gasteiger partial charge in [-0.05, 0) is 37.2 Å². The summed E-state index contributed by atoms with van der Waals surface area (Å²) in [5.41, 5.74) is 1.95. The van der Waals surface area contributed by atoms with Crippen molar-refractivity contribution in [1.29, 1.82) is 0 Å². The third kappa shape index (κ3) is 4.80. The molecular formula is C18H26ClN3O. The number of nitrogens with one attached hydrogen (secondary N) is 1. The van der Waals surface area contributed by atoms with Crippen LogP contribution >= 0.6 is 11.6 Å². The number of hydrogen-bond acceptors (Lipinski definition) is 4. The topological polar surface area (TPSA) is 48.4 Å². The molecule has 1 atom stereocenters. The second-order valence-electron chi connectivity index (χ2n) is 5.67. The summed E-state index contributed by atoms with van der Waals surface area (Å²) in [6.45, 7) is 6.07. The van der Waals surface area contributed by atoms with Gasteiger partial charge in [-0.25, -0.2) is 0 Å². The molecule has 0 aliphatic carbocycles. The lowest BCUT2D eigenvalue weighted by atomic mass is 10.1. The molecule has 0 fully saturated rings. The van der Waals surface area contributed by atoms with E-state index in [-0.39, 0.29) is 12.8 Å². The third-order valence-corrected chi connectivity index (χ3v) is 4.33. The molecule has 1 heterocycles. The minimum Gasteiger partial charge on any atom is -0.395 e. The largest absolute Gasteiger partial charge is 0.395 e. The van der Waals surface area contributed by atoms with Crippen molar-refractivity contribution in [2.45, 2.75) is 39.3 Å². The Hall–Kier alpha value is -1.36. The molecule has 0 saturated carbocycles. The number of fused-ring (bicyclic) bond motifs is 1. The van der Waals surface area contributed by atoms with E-state index in [9.17, 15) is 5.11 Å². The second kappa shape index (κ2) is 9.06. The summed E-state index contributed by atoms with van der Waals surface area (Å²) >= 11 is 6.06. The highest BCUT2D eigenvalue weighted by Crippen LogP contribution is 2.26. The van der Waals surface area contributed by atoms with Crippen molar-refractivity contribution >= 4 is 28.2 Å². The summed E-state index contributed by atoms with van der Waals surface area (Å²) in [6, 6.07) is 7.78. The maximum Gasteiger partial charge on any atom is 0.0794 e. The zero-order chi connectivity index (χ0) is 16.7. The molecule has 0 aliphatic heterocycles. The molecule has 2 aromatic rings. The van der Waals surface area contributed by atoms with Gasteiger partial charge in [0.15, 0.2) is 0 Å². The number of benzene rings is 1. The van der Waals surface area contributed by atoms with Gasteiger partial charge in [-0.3, -0.25) is 9.88 Å². The quantitative estimate of drug-likeness (QED) is 0.676. The number of nitrogens with zero attached hydrogens (tertiary/aromatic N) is 2. The summed E-state index contributed by atoms with van der Waals surface area (Å²) in [5.74, 6) is 0. The molecular weight excluding hydrogens is 310 g/mol. The predicted molar refractivity (Wildman–Crippen MR) is 98.0 cm³/mol. The fourth-order valence-corrected chi connectivity index (χ4v) is 3.00. The summed E-state index contributed by atoms with van der Waals surface area (Å²) in [7, 11) is 0. The van der Waals surface area contributed by atoms with Crippen molar-refractivity contribution in [3.05, 3.63) is 35.5 Å². The van der Waals surface area contributed by atoms with Crippen LogP contribution in [0.2, 0.25) is 5.02 Å². The summed E-state index contributed by atoms with van der Waals surface area (Å²) in [4.78, 5) is 6.67. The van der Waals surface area contributed by atoms with Crippen LogP contribution in [0.15, 0.2) is 30.5 Å². The smallest absolute Gasteiger partial charge is 0.0794 e. The predicted octanol–water partition coefficient (Wildman–Crippen LogP) is 4.13. The molecule has 0 amide bonds. The standard InChI is InChI=1S/C18H26ClN3O/c1-3-5-6-18(22(4-2)11-12-23)21-16-9-10-20-17-13-14(19)7-8-15(16)17/h7-10,13,18,23H,3-6,11-12H2,1-2H3,(H,20,21). The first-order valence-electron chi connectivity index (χ1n) is 8.35. The summed E-state index contributed by atoms with van der Waals surface area (Å²) in [5, 5.41) is 14.7. The zero-order valence-electron chi connectivity index (χ0n) is 13.9. The number of rotatable bonds is 9. The van der Waals surface area contributed by atoms with Crippen molar-refractivity contribution < 1.29 is 5.11 Å². The minimum atomic E-state index is 0.171. The Morgan fingerprint density at radius 3 is 2.83 bits per heavy atom. The van der Waals surface area contributed by atoms with Gasteiger partial charge in [0.25, 0.3) is 0 Å². The highest BCUT2D eigenvalue weighted by Gasteiger charge is 2.17. The van der Waals surface area contributed by atoms with E-state index in [2.05, 4.69) is 29.0 Å². The van der Waals surface area contributed by atoms with Crippen LogP contribution in [0.1, 0.15) is 33.1 Å².